The second-order valence-electron chi connectivity index (χ2n) is 7.13. The summed E-state index contributed by atoms with van der Waals surface area (Å²) in [6.45, 7) is 6.22. The van der Waals surface area contributed by atoms with Gasteiger partial charge in [-0.3, -0.25) is 0 Å². The quantitative estimate of drug-likeness (QED) is 0.428. The summed E-state index contributed by atoms with van der Waals surface area (Å²) < 4.78 is 14.8. The summed E-state index contributed by atoms with van der Waals surface area (Å²) in [6, 6.07) is 17.7. The van der Waals surface area contributed by atoms with Gasteiger partial charge < -0.3 is 9.47 Å². The first kappa shape index (κ1) is 20.3. The van der Waals surface area contributed by atoms with E-state index >= 15 is 0 Å². The zero-order chi connectivity index (χ0) is 21.8. The molecule has 0 saturated heterocycles. The smallest absolute Gasteiger partial charge is 0.273 e. The van der Waals surface area contributed by atoms with E-state index in [0.29, 0.717) is 29.9 Å². The van der Waals surface area contributed by atoms with Crippen LogP contribution in [-0.4, -0.2) is 38.0 Å². The molecular formula is C23H24N6O2. The van der Waals surface area contributed by atoms with Crippen LogP contribution in [0.1, 0.15) is 28.3 Å². The fourth-order valence-corrected chi connectivity index (χ4v) is 3.19. The van der Waals surface area contributed by atoms with Gasteiger partial charge in [0, 0.05) is 5.69 Å². The summed E-state index contributed by atoms with van der Waals surface area (Å²) in [5, 5.41) is 17.4. The van der Waals surface area contributed by atoms with Gasteiger partial charge in [-0.25, -0.2) is 4.68 Å². The number of methoxy groups -OCH3 is 1. The predicted molar refractivity (Wildman–Crippen MR) is 118 cm³/mol. The van der Waals surface area contributed by atoms with Crippen LogP contribution in [0.15, 0.2) is 59.7 Å². The molecule has 0 unspecified atom stereocenters. The molecule has 8 nitrogen and oxygen atoms in total. The molecule has 2 aromatic heterocycles. The average molecular weight is 416 g/mol. The molecule has 0 N–H and O–H groups in total. The summed E-state index contributed by atoms with van der Waals surface area (Å²) in [5.74, 6) is 2.51. The number of nitrogens with zero attached hydrogens (tertiary/aromatic N) is 6. The van der Waals surface area contributed by atoms with Crippen LogP contribution in [-0.2, 0) is 6.61 Å². The molecule has 0 aliphatic carbocycles. The number of hydrogen-bond acceptors (Lipinski definition) is 6. The predicted octanol–water partition coefficient (Wildman–Crippen LogP) is 3.86. The van der Waals surface area contributed by atoms with Gasteiger partial charge in [-0.2, -0.15) is 14.9 Å². The highest BCUT2D eigenvalue weighted by Gasteiger charge is 2.13. The van der Waals surface area contributed by atoms with Crippen molar-refractivity contribution in [2.75, 3.05) is 7.11 Å². The Kier molecular flexibility index (Phi) is 5.79. The van der Waals surface area contributed by atoms with E-state index in [1.165, 1.54) is 0 Å². The van der Waals surface area contributed by atoms with Crippen LogP contribution >= 0.6 is 0 Å². The molecule has 2 heterocycles. The maximum absolute atomic E-state index is 5.92. The van der Waals surface area contributed by atoms with E-state index in [-0.39, 0.29) is 0 Å². The van der Waals surface area contributed by atoms with Gasteiger partial charge in [0.15, 0.2) is 17.3 Å². The van der Waals surface area contributed by atoms with Crippen molar-refractivity contribution in [1.29, 1.82) is 0 Å². The van der Waals surface area contributed by atoms with Crippen molar-refractivity contribution in [1.82, 2.24) is 24.7 Å². The van der Waals surface area contributed by atoms with E-state index in [0.717, 1.165) is 22.5 Å². The zero-order valence-corrected chi connectivity index (χ0v) is 18.0. The Morgan fingerprint density at radius 2 is 1.77 bits per heavy atom. The molecule has 0 aliphatic rings. The molecule has 0 aliphatic heterocycles. The summed E-state index contributed by atoms with van der Waals surface area (Å²) in [6.07, 6.45) is 1.73. The molecule has 0 radical (unpaired) electrons. The fourth-order valence-electron chi connectivity index (χ4n) is 3.19. The number of benzene rings is 2. The Morgan fingerprint density at radius 3 is 2.48 bits per heavy atom. The third-order valence-corrected chi connectivity index (χ3v) is 4.73. The molecule has 0 fully saturated rings. The number of ether oxygens (including phenoxy) is 2. The van der Waals surface area contributed by atoms with Crippen LogP contribution in [0.5, 0.6) is 11.5 Å². The van der Waals surface area contributed by atoms with E-state index in [1.807, 2.05) is 75.4 Å². The van der Waals surface area contributed by atoms with Crippen molar-refractivity contribution in [3.63, 3.8) is 0 Å². The SMILES string of the molecule is COc1cc(C=Nn2c(C)nnc2-n2nc(C)cc2C)ccc1OCc1ccccc1. The maximum Gasteiger partial charge on any atom is 0.273 e. The van der Waals surface area contributed by atoms with Crippen LogP contribution in [0.4, 0.5) is 0 Å². The minimum Gasteiger partial charge on any atom is -0.493 e. The van der Waals surface area contributed by atoms with Gasteiger partial charge in [-0.1, -0.05) is 30.3 Å². The molecular weight excluding hydrogens is 392 g/mol. The monoisotopic (exact) mass is 416 g/mol. The molecule has 2 aromatic carbocycles. The molecule has 0 bridgehead atoms. The van der Waals surface area contributed by atoms with E-state index in [2.05, 4.69) is 20.4 Å². The zero-order valence-electron chi connectivity index (χ0n) is 18.0. The molecule has 0 spiro atoms. The number of aromatic nitrogens is 5. The summed E-state index contributed by atoms with van der Waals surface area (Å²) in [4.78, 5) is 0. The van der Waals surface area contributed by atoms with Crippen molar-refractivity contribution in [2.45, 2.75) is 27.4 Å². The lowest BCUT2D eigenvalue weighted by Gasteiger charge is -2.11. The third-order valence-electron chi connectivity index (χ3n) is 4.73. The van der Waals surface area contributed by atoms with E-state index in [9.17, 15) is 0 Å². The Balaban J connectivity index is 1.56. The highest BCUT2D eigenvalue weighted by Crippen LogP contribution is 2.28. The van der Waals surface area contributed by atoms with Gasteiger partial charge in [0.2, 0.25) is 0 Å². The van der Waals surface area contributed by atoms with E-state index in [4.69, 9.17) is 9.47 Å². The standard InChI is InChI=1S/C23H24N6O2/c1-16-12-17(2)28(27-16)23-26-25-18(3)29(23)24-14-20-10-11-21(22(13-20)30-4)31-15-19-8-6-5-7-9-19/h5-14H,15H2,1-4H3. The van der Waals surface area contributed by atoms with E-state index < -0.39 is 0 Å². The van der Waals surface area contributed by atoms with Gasteiger partial charge in [-0.05, 0) is 56.2 Å². The average Bonchev–Trinajstić information content (AvgIpc) is 3.31. The fraction of sp³-hybridized carbons (Fsp3) is 0.217. The van der Waals surface area contributed by atoms with E-state index in [1.54, 1.807) is 22.7 Å². The maximum atomic E-state index is 5.92. The minimum absolute atomic E-state index is 0.469. The molecule has 31 heavy (non-hydrogen) atoms. The normalized spacial score (nSPS) is 11.2. The molecule has 0 amide bonds. The minimum atomic E-state index is 0.469. The van der Waals surface area contributed by atoms with Crippen molar-refractivity contribution >= 4 is 6.21 Å². The van der Waals surface area contributed by atoms with Gasteiger partial charge in [0.05, 0.1) is 19.0 Å². The number of aryl methyl sites for hydroxylation is 3. The molecule has 158 valence electrons. The van der Waals surface area contributed by atoms with Crippen LogP contribution in [0.2, 0.25) is 0 Å². The second kappa shape index (κ2) is 8.83. The van der Waals surface area contributed by atoms with Gasteiger partial charge in [0.25, 0.3) is 5.95 Å². The second-order valence-corrected chi connectivity index (χ2v) is 7.13. The van der Waals surface area contributed by atoms with Crippen molar-refractivity contribution in [2.24, 2.45) is 5.10 Å². The molecule has 0 saturated carbocycles. The molecule has 4 rings (SSSR count). The first-order valence-electron chi connectivity index (χ1n) is 9.90. The van der Waals surface area contributed by atoms with Crippen molar-refractivity contribution in [3.05, 3.63) is 82.9 Å². The summed E-state index contributed by atoms with van der Waals surface area (Å²) >= 11 is 0. The lowest BCUT2D eigenvalue weighted by atomic mass is 10.2. The van der Waals surface area contributed by atoms with Crippen LogP contribution in [0.3, 0.4) is 0 Å². The van der Waals surface area contributed by atoms with Crippen molar-refractivity contribution in [3.8, 4) is 17.4 Å². The van der Waals surface area contributed by atoms with Crippen molar-refractivity contribution < 1.29 is 9.47 Å². The van der Waals surface area contributed by atoms with Crippen LogP contribution < -0.4 is 9.47 Å². The van der Waals surface area contributed by atoms with Gasteiger partial charge >= 0.3 is 0 Å². The lowest BCUT2D eigenvalue weighted by Crippen LogP contribution is -2.08. The summed E-state index contributed by atoms with van der Waals surface area (Å²) in [5.41, 5.74) is 3.82. The topological polar surface area (TPSA) is 79.4 Å². The Morgan fingerprint density at radius 1 is 0.968 bits per heavy atom. The lowest BCUT2D eigenvalue weighted by molar-refractivity contribution is 0.284. The molecule has 4 aromatic rings. The Bertz CT molecular complexity index is 1210. The van der Waals surface area contributed by atoms with Gasteiger partial charge in [-0.15, -0.1) is 10.2 Å². The highest BCUT2D eigenvalue weighted by atomic mass is 16.5. The number of rotatable bonds is 7. The first-order valence-corrected chi connectivity index (χ1v) is 9.90. The summed E-state index contributed by atoms with van der Waals surface area (Å²) in [7, 11) is 1.62. The largest absolute Gasteiger partial charge is 0.493 e. The first-order chi connectivity index (χ1) is 15.0. The molecule has 8 heteroatoms. The third kappa shape index (κ3) is 4.48. The molecule has 0 atom stereocenters. The van der Waals surface area contributed by atoms with Crippen LogP contribution in [0, 0.1) is 20.8 Å². The number of hydrogen-bond donors (Lipinski definition) is 0. The van der Waals surface area contributed by atoms with Gasteiger partial charge in [0.1, 0.15) is 6.61 Å². The Labute approximate surface area is 180 Å². The Hall–Kier alpha value is -3.94. The van der Waals surface area contributed by atoms with Crippen LogP contribution in [0.25, 0.3) is 5.95 Å². The highest BCUT2D eigenvalue weighted by molar-refractivity contribution is 5.81.